The van der Waals surface area contributed by atoms with E-state index < -0.39 is 0 Å². The Morgan fingerprint density at radius 1 is 1.29 bits per heavy atom. The maximum Gasteiger partial charge on any atom is 0.141 e. The Hall–Kier alpha value is -0.370. The molecule has 0 aromatic carbocycles. The lowest BCUT2D eigenvalue weighted by Crippen LogP contribution is -2.49. The number of hydrogen-bond acceptors (Lipinski definition) is 2. The summed E-state index contributed by atoms with van der Waals surface area (Å²) in [5, 5.41) is 0. The van der Waals surface area contributed by atoms with Crippen LogP contribution < -0.4 is 0 Å². The van der Waals surface area contributed by atoms with Gasteiger partial charge in [-0.05, 0) is 18.8 Å². The molecule has 1 saturated carbocycles. The standard InChI is InChI=1S/C12H21NO/c1-9(2)6-13-7-10-4-3-5-11(8-13)12(10)14/h9-11H,3-8H2,1-2H3. The number of fused-ring (bicyclic) bond motifs is 2. The van der Waals surface area contributed by atoms with E-state index in [2.05, 4.69) is 18.7 Å². The zero-order valence-electron chi connectivity index (χ0n) is 9.33. The molecule has 1 aliphatic heterocycles. The van der Waals surface area contributed by atoms with Gasteiger partial charge in [0, 0.05) is 31.5 Å². The molecule has 14 heavy (non-hydrogen) atoms. The van der Waals surface area contributed by atoms with Crippen LogP contribution in [0.1, 0.15) is 33.1 Å². The predicted octanol–water partition coefficient (Wildman–Crippen LogP) is 1.94. The highest BCUT2D eigenvalue weighted by molar-refractivity contribution is 5.85. The van der Waals surface area contributed by atoms with Gasteiger partial charge >= 0.3 is 0 Å². The molecule has 2 bridgehead atoms. The predicted molar refractivity (Wildman–Crippen MR) is 57.1 cm³/mol. The molecular weight excluding hydrogens is 174 g/mol. The monoisotopic (exact) mass is 195 g/mol. The van der Waals surface area contributed by atoms with E-state index in [1.165, 1.54) is 13.0 Å². The molecule has 0 spiro atoms. The number of rotatable bonds is 2. The van der Waals surface area contributed by atoms with Crippen molar-refractivity contribution in [2.24, 2.45) is 17.8 Å². The average molecular weight is 195 g/mol. The van der Waals surface area contributed by atoms with Gasteiger partial charge in [0.2, 0.25) is 0 Å². The fraction of sp³-hybridized carbons (Fsp3) is 0.917. The lowest BCUT2D eigenvalue weighted by molar-refractivity contribution is -0.134. The third-order valence-electron chi connectivity index (χ3n) is 3.49. The SMILES string of the molecule is CC(C)CN1CC2CCCC(C1)C2=O. The molecule has 0 aromatic rings. The van der Waals surface area contributed by atoms with Crippen LogP contribution in [0.5, 0.6) is 0 Å². The molecule has 2 fully saturated rings. The van der Waals surface area contributed by atoms with Gasteiger partial charge in [-0.25, -0.2) is 0 Å². The summed E-state index contributed by atoms with van der Waals surface area (Å²) >= 11 is 0. The first kappa shape index (κ1) is 10.2. The molecule has 0 N–H and O–H groups in total. The minimum absolute atomic E-state index is 0.376. The lowest BCUT2D eigenvalue weighted by Gasteiger charge is -2.40. The van der Waals surface area contributed by atoms with Gasteiger partial charge in [-0.15, -0.1) is 0 Å². The van der Waals surface area contributed by atoms with Crippen LogP contribution in [0.25, 0.3) is 0 Å². The smallest absolute Gasteiger partial charge is 0.141 e. The number of nitrogens with zero attached hydrogens (tertiary/aromatic N) is 1. The highest BCUT2D eigenvalue weighted by atomic mass is 16.1. The molecular formula is C12H21NO. The van der Waals surface area contributed by atoms with Crippen molar-refractivity contribution in [1.29, 1.82) is 0 Å². The van der Waals surface area contributed by atoms with Gasteiger partial charge in [0.1, 0.15) is 5.78 Å². The van der Waals surface area contributed by atoms with Gasteiger partial charge in [-0.2, -0.15) is 0 Å². The van der Waals surface area contributed by atoms with Gasteiger partial charge < -0.3 is 4.90 Å². The van der Waals surface area contributed by atoms with E-state index in [1.807, 2.05) is 0 Å². The van der Waals surface area contributed by atoms with Crippen LogP contribution in [-0.4, -0.2) is 30.3 Å². The van der Waals surface area contributed by atoms with Gasteiger partial charge in [0.05, 0.1) is 0 Å². The van der Waals surface area contributed by atoms with E-state index in [-0.39, 0.29) is 0 Å². The fourth-order valence-corrected chi connectivity index (χ4v) is 2.95. The van der Waals surface area contributed by atoms with Crippen LogP contribution in [0.2, 0.25) is 0 Å². The van der Waals surface area contributed by atoms with Crippen molar-refractivity contribution < 1.29 is 4.79 Å². The van der Waals surface area contributed by atoms with E-state index in [0.717, 1.165) is 31.8 Å². The molecule has 2 atom stereocenters. The summed E-state index contributed by atoms with van der Waals surface area (Å²) in [4.78, 5) is 14.3. The maximum absolute atomic E-state index is 11.8. The number of hydrogen-bond donors (Lipinski definition) is 0. The molecule has 1 aliphatic carbocycles. The minimum Gasteiger partial charge on any atom is -0.302 e. The quantitative estimate of drug-likeness (QED) is 0.671. The van der Waals surface area contributed by atoms with E-state index in [9.17, 15) is 4.79 Å². The van der Waals surface area contributed by atoms with Gasteiger partial charge in [-0.1, -0.05) is 20.3 Å². The highest BCUT2D eigenvalue weighted by Gasteiger charge is 2.37. The highest BCUT2D eigenvalue weighted by Crippen LogP contribution is 2.31. The summed E-state index contributed by atoms with van der Waals surface area (Å²) in [6.45, 7) is 7.75. The third-order valence-corrected chi connectivity index (χ3v) is 3.49. The van der Waals surface area contributed by atoms with Crippen LogP contribution in [0.15, 0.2) is 0 Å². The molecule has 1 saturated heterocycles. The Labute approximate surface area is 86.7 Å². The Balaban J connectivity index is 1.97. The second-order valence-electron chi connectivity index (χ2n) is 5.34. The molecule has 2 rings (SSSR count). The van der Waals surface area contributed by atoms with Crippen molar-refractivity contribution in [3.05, 3.63) is 0 Å². The van der Waals surface area contributed by atoms with E-state index >= 15 is 0 Å². The Morgan fingerprint density at radius 2 is 1.86 bits per heavy atom. The maximum atomic E-state index is 11.8. The summed E-state index contributed by atoms with van der Waals surface area (Å²) in [7, 11) is 0. The van der Waals surface area contributed by atoms with E-state index in [1.54, 1.807) is 0 Å². The summed E-state index contributed by atoms with van der Waals surface area (Å²) in [5.74, 6) is 2.04. The second-order valence-corrected chi connectivity index (χ2v) is 5.34. The summed E-state index contributed by atoms with van der Waals surface area (Å²) in [6.07, 6.45) is 3.56. The second kappa shape index (κ2) is 4.01. The lowest BCUT2D eigenvalue weighted by atomic mass is 9.76. The van der Waals surface area contributed by atoms with Crippen LogP contribution in [0.4, 0.5) is 0 Å². The molecule has 2 unspecified atom stereocenters. The van der Waals surface area contributed by atoms with Crippen LogP contribution in [-0.2, 0) is 4.79 Å². The van der Waals surface area contributed by atoms with Gasteiger partial charge in [0.25, 0.3) is 0 Å². The summed E-state index contributed by atoms with van der Waals surface area (Å²) in [6, 6.07) is 0. The van der Waals surface area contributed by atoms with Crippen LogP contribution in [0.3, 0.4) is 0 Å². The summed E-state index contributed by atoms with van der Waals surface area (Å²) in [5.41, 5.74) is 0. The Morgan fingerprint density at radius 3 is 2.36 bits per heavy atom. The van der Waals surface area contributed by atoms with Crippen molar-refractivity contribution in [3.63, 3.8) is 0 Å². The van der Waals surface area contributed by atoms with Crippen molar-refractivity contribution in [3.8, 4) is 0 Å². The zero-order chi connectivity index (χ0) is 10.1. The minimum atomic E-state index is 0.376. The molecule has 0 amide bonds. The van der Waals surface area contributed by atoms with Crippen LogP contribution in [0, 0.1) is 17.8 Å². The Kier molecular flexibility index (Phi) is 2.91. The average Bonchev–Trinajstić information content (AvgIpc) is 2.05. The molecule has 80 valence electrons. The van der Waals surface area contributed by atoms with Crippen molar-refractivity contribution in [2.45, 2.75) is 33.1 Å². The number of ketones is 1. The van der Waals surface area contributed by atoms with Crippen LogP contribution >= 0.6 is 0 Å². The Bertz CT molecular complexity index is 208. The van der Waals surface area contributed by atoms with Crippen molar-refractivity contribution in [2.75, 3.05) is 19.6 Å². The van der Waals surface area contributed by atoms with Crippen molar-refractivity contribution >= 4 is 5.78 Å². The van der Waals surface area contributed by atoms with Crippen molar-refractivity contribution in [1.82, 2.24) is 4.90 Å². The number of piperidine rings is 1. The molecule has 1 heterocycles. The number of Topliss-reactive ketones (excluding diaryl/α,β-unsaturated/α-hetero) is 1. The number of likely N-dealkylation sites (tertiary alicyclic amines) is 1. The van der Waals surface area contributed by atoms with Gasteiger partial charge in [0.15, 0.2) is 0 Å². The molecule has 0 aromatic heterocycles. The fourth-order valence-electron chi connectivity index (χ4n) is 2.95. The molecule has 2 aliphatic rings. The number of carbonyl (C=O) groups excluding carboxylic acids is 1. The topological polar surface area (TPSA) is 20.3 Å². The van der Waals surface area contributed by atoms with E-state index in [4.69, 9.17) is 0 Å². The number of carbonyl (C=O) groups is 1. The third kappa shape index (κ3) is 2.00. The van der Waals surface area contributed by atoms with Gasteiger partial charge in [-0.3, -0.25) is 4.79 Å². The largest absolute Gasteiger partial charge is 0.302 e. The first-order valence-electron chi connectivity index (χ1n) is 5.93. The molecule has 0 radical (unpaired) electrons. The molecule has 2 nitrogen and oxygen atoms in total. The normalized spacial score (nSPS) is 33.8. The summed E-state index contributed by atoms with van der Waals surface area (Å²) < 4.78 is 0. The van der Waals surface area contributed by atoms with E-state index in [0.29, 0.717) is 17.6 Å². The molecule has 2 heteroatoms. The first-order chi connectivity index (χ1) is 6.66. The first-order valence-corrected chi connectivity index (χ1v) is 5.93. The zero-order valence-corrected chi connectivity index (χ0v) is 9.33.